The molecule has 0 atom stereocenters. The molecule has 0 aliphatic carbocycles. The number of hydrogen-bond donors (Lipinski definition) is 1. The largest absolute Gasteiger partial charge is 0.326 e. The first-order valence-corrected chi connectivity index (χ1v) is 9.80. The lowest BCUT2D eigenvalue weighted by atomic mass is 10.1. The molecule has 1 fully saturated rings. The molecular formula is C21H18Cl2N4O2. The van der Waals surface area contributed by atoms with E-state index >= 15 is 0 Å². The molecule has 1 aliphatic heterocycles. The summed E-state index contributed by atoms with van der Waals surface area (Å²) < 4.78 is 0. The van der Waals surface area contributed by atoms with Crippen molar-refractivity contribution in [2.45, 2.75) is 6.92 Å². The molecule has 2 aromatic carbocycles. The average Bonchev–Trinajstić information content (AvgIpc) is 3.00. The second kappa shape index (κ2) is 7.54. The fraction of sp³-hybridized carbons (Fsp3) is 0.190. The Morgan fingerprint density at radius 1 is 1.17 bits per heavy atom. The van der Waals surface area contributed by atoms with Crippen molar-refractivity contribution >= 4 is 57.4 Å². The van der Waals surface area contributed by atoms with Crippen LogP contribution in [0.5, 0.6) is 0 Å². The number of aromatic nitrogens is 1. The van der Waals surface area contributed by atoms with E-state index in [4.69, 9.17) is 23.2 Å². The maximum absolute atomic E-state index is 12.8. The number of para-hydroxylation sites is 1. The van der Waals surface area contributed by atoms with Crippen LogP contribution in [0.15, 0.2) is 42.6 Å². The number of likely N-dealkylation sites (N-methyl/N-ethyl adjacent to an activating group) is 1. The zero-order chi connectivity index (χ0) is 20.7. The Balaban J connectivity index is 1.76. The van der Waals surface area contributed by atoms with Gasteiger partial charge in [0, 0.05) is 36.7 Å². The number of amides is 3. The van der Waals surface area contributed by atoms with Crippen LogP contribution in [0.1, 0.15) is 15.9 Å². The number of anilines is 2. The zero-order valence-corrected chi connectivity index (χ0v) is 17.4. The minimum Gasteiger partial charge on any atom is -0.326 e. The number of hydrogen-bond acceptors (Lipinski definition) is 3. The number of aryl methyl sites for hydroxylation is 1. The van der Waals surface area contributed by atoms with Crippen LogP contribution < -0.4 is 10.2 Å². The Labute approximate surface area is 178 Å². The maximum Gasteiger partial charge on any atom is 0.324 e. The number of nitrogens with zero attached hydrogens (tertiary/aromatic N) is 3. The van der Waals surface area contributed by atoms with Crippen molar-refractivity contribution in [1.82, 2.24) is 9.88 Å². The van der Waals surface area contributed by atoms with Crippen LogP contribution in [0.4, 0.5) is 16.2 Å². The molecule has 1 aliphatic rings. The highest BCUT2D eigenvalue weighted by Gasteiger charge is 2.29. The van der Waals surface area contributed by atoms with Crippen molar-refractivity contribution in [3.63, 3.8) is 0 Å². The molecule has 0 saturated carbocycles. The molecule has 148 valence electrons. The molecule has 0 radical (unpaired) electrons. The van der Waals surface area contributed by atoms with Crippen molar-refractivity contribution in [3.8, 4) is 0 Å². The summed E-state index contributed by atoms with van der Waals surface area (Å²) in [5.74, 6) is -0.361. The van der Waals surface area contributed by atoms with Gasteiger partial charge in [0.05, 0.1) is 27.5 Å². The van der Waals surface area contributed by atoms with E-state index in [2.05, 4.69) is 10.3 Å². The normalized spacial score (nSPS) is 14.0. The summed E-state index contributed by atoms with van der Waals surface area (Å²) in [5.41, 5.74) is 3.17. The number of rotatable bonds is 3. The van der Waals surface area contributed by atoms with Crippen molar-refractivity contribution in [1.29, 1.82) is 0 Å². The standard InChI is InChI=1S/C21H18Cl2N4O2/c1-12-11-24-18-15(19(12)27-9-8-26(2)21(27)29)4-3-5-17(18)25-20(28)14-7-6-13(22)10-16(14)23/h3-7,10-11H,8-9H2,1-2H3,(H,25,28). The van der Waals surface area contributed by atoms with Gasteiger partial charge in [0.25, 0.3) is 5.91 Å². The van der Waals surface area contributed by atoms with Gasteiger partial charge in [-0.2, -0.15) is 0 Å². The number of halogens is 2. The van der Waals surface area contributed by atoms with E-state index in [1.165, 1.54) is 6.07 Å². The van der Waals surface area contributed by atoms with Crippen LogP contribution in [0.3, 0.4) is 0 Å². The van der Waals surface area contributed by atoms with E-state index in [0.717, 1.165) is 16.6 Å². The highest BCUT2D eigenvalue weighted by atomic mass is 35.5. The Bertz CT molecular complexity index is 1150. The number of carbonyl (C=O) groups excluding carboxylic acids is 2. The summed E-state index contributed by atoms with van der Waals surface area (Å²) in [6.45, 7) is 3.19. The van der Waals surface area contributed by atoms with E-state index in [1.54, 1.807) is 41.2 Å². The number of benzene rings is 2. The van der Waals surface area contributed by atoms with Crippen molar-refractivity contribution in [3.05, 3.63) is 63.8 Å². The van der Waals surface area contributed by atoms with Crippen LogP contribution >= 0.6 is 23.2 Å². The molecule has 29 heavy (non-hydrogen) atoms. The van der Waals surface area contributed by atoms with Crippen molar-refractivity contribution in [2.75, 3.05) is 30.4 Å². The molecule has 1 aromatic heterocycles. The van der Waals surface area contributed by atoms with Gasteiger partial charge in [0.2, 0.25) is 0 Å². The SMILES string of the molecule is Cc1cnc2c(NC(=O)c3ccc(Cl)cc3Cl)cccc2c1N1CCN(C)C1=O. The summed E-state index contributed by atoms with van der Waals surface area (Å²) in [6.07, 6.45) is 1.72. The van der Waals surface area contributed by atoms with Crippen molar-refractivity contribution in [2.24, 2.45) is 0 Å². The van der Waals surface area contributed by atoms with Crippen molar-refractivity contribution < 1.29 is 9.59 Å². The van der Waals surface area contributed by atoms with E-state index in [-0.39, 0.29) is 17.0 Å². The van der Waals surface area contributed by atoms with Gasteiger partial charge >= 0.3 is 6.03 Å². The quantitative estimate of drug-likeness (QED) is 0.639. The van der Waals surface area contributed by atoms with Gasteiger partial charge in [-0.05, 0) is 36.8 Å². The first kappa shape index (κ1) is 19.5. The molecule has 1 saturated heterocycles. The summed E-state index contributed by atoms with van der Waals surface area (Å²) in [4.78, 5) is 33.3. The third-order valence-electron chi connectivity index (χ3n) is 4.96. The van der Waals surface area contributed by atoms with Gasteiger partial charge in [-0.1, -0.05) is 35.3 Å². The average molecular weight is 429 g/mol. The van der Waals surface area contributed by atoms with Gasteiger partial charge in [-0.15, -0.1) is 0 Å². The number of pyridine rings is 1. The molecule has 4 rings (SSSR count). The van der Waals surface area contributed by atoms with Gasteiger partial charge < -0.3 is 10.2 Å². The monoisotopic (exact) mass is 428 g/mol. The zero-order valence-electron chi connectivity index (χ0n) is 15.9. The minimum atomic E-state index is -0.361. The predicted octanol–water partition coefficient (Wildman–Crippen LogP) is 4.97. The Morgan fingerprint density at radius 3 is 2.66 bits per heavy atom. The summed E-state index contributed by atoms with van der Waals surface area (Å²) in [7, 11) is 1.78. The molecule has 8 heteroatoms. The lowest BCUT2D eigenvalue weighted by Crippen LogP contribution is -2.30. The topological polar surface area (TPSA) is 65.5 Å². The smallest absolute Gasteiger partial charge is 0.324 e. The fourth-order valence-corrected chi connectivity index (χ4v) is 3.98. The number of nitrogens with one attached hydrogen (secondary N) is 1. The highest BCUT2D eigenvalue weighted by Crippen LogP contribution is 2.34. The van der Waals surface area contributed by atoms with Gasteiger partial charge in [0.1, 0.15) is 0 Å². The highest BCUT2D eigenvalue weighted by molar-refractivity contribution is 6.37. The Hall–Kier alpha value is -2.83. The number of urea groups is 1. The van der Waals surface area contributed by atoms with E-state index in [0.29, 0.717) is 34.9 Å². The first-order valence-electron chi connectivity index (χ1n) is 9.04. The third kappa shape index (κ3) is 3.50. The fourth-order valence-electron chi connectivity index (χ4n) is 3.49. The molecule has 2 heterocycles. The lowest BCUT2D eigenvalue weighted by molar-refractivity contribution is 0.102. The van der Waals surface area contributed by atoms with Gasteiger partial charge in [0.15, 0.2) is 0 Å². The molecule has 0 unspecified atom stereocenters. The molecule has 3 amide bonds. The van der Waals surface area contributed by atoms with E-state index in [9.17, 15) is 9.59 Å². The second-order valence-electron chi connectivity index (χ2n) is 6.93. The number of carbonyl (C=O) groups is 2. The van der Waals surface area contributed by atoms with Crippen LogP contribution in [0.2, 0.25) is 10.0 Å². The molecule has 3 aromatic rings. The minimum absolute atomic E-state index is 0.0528. The molecule has 6 nitrogen and oxygen atoms in total. The van der Waals surface area contributed by atoms with Crippen LogP contribution in [0.25, 0.3) is 10.9 Å². The Morgan fingerprint density at radius 2 is 1.97 bits per heavy atom. The number of fused-ring (bicyclic) bond motifs is 1. The second-order valence-corrected chi connectivity index (χ2v) is 7.77. The van der Waals surface area contributed by atoms with Gasteiger partial charge in [-0.25, -0.2) is 4.79 Å². The molecule has 0 spiro atoms. The van der Waals surface area contributed by atoms with Gasteiger partial charge in [-0.3, -0.25) is 14.7 Å². The predicted molar refractivity (Wildman–Crippen MR) is 116 cm³/mol. The van der Waals surface area contributed by atoms with Crippen LogP contribution in [-0.4, -0.2) is 42.0 Å². The third-order valence-corrected chi connectivity index (χ3v) is 5.51. The summed E-state index contributed by atoms with van der Waals surface area (Å²) in [6, 6.07) is 10.2. The summed E-state index contributed by atoms with van der Waals surface area (Å²) in [5, 5.41) is 4.40. The van der Waals surface area contributed by atoms with E-state index < -0.39 is 0 Å². The lowest BCUT2D eigenvalue weighted by Gasteiger charge is -2.21. The van der Waals surface area contributed by atoms with Crippen LogP contribution in [0, 0.1) is 6.92 Å². The maximum atomic E-state index is 12.8. The molecule has 0 bridgehead atoms. The summed E-state index contributed by atoms with van der Waals surface area (Å²) >= 11 is 12.1. The molecular weight excluding hydrogens is 411 g/mol. The Kier molecular flexibility index (Phi) is 5.06. The van der Waals surface area contributed by atoms with Crippen LogP contribution in [-0.2, 0) is 0 Å². The molecule has 1 N–H and O–H groups in total. The first-order chi connectivity index (χ1) is 13.9. The van der Waals surface area contributed by atoms with E-state index in [1.807, 2.05) is 19.1 Å².